The maximum atomic E-state index is 13.6. The zero-order chi connectivity index (χ0) is 16.6. The lowest BCUT2D eigenvalue weighted by Gasteiger charge is -2.20. The maximum absolute atomic E-state index is 13.6. The highest BCUT2D eigenvalue weighted by molar-refractivity contribution is 5.88. The third-order valence-corrected chi connectivity index (χ3v) is 4.37. The topological polar surface area (TPSA) is 68.5 Å². The van der Waals surface area contributed by atoms with Crippen molar-refractivity contribution in [2.24, 2.45) is 5.92 Å². The Morgan fingerprint density at radius 1 is 1.43 bits per heavy atom. The van der Waals surface area contributed by atoms with E-state index in [2.05, 4.69) is 0 Å². The van der Waals surface area contributed by atoms with E-state index in [0.29, 0.717) is 31.3 Å². The van der Waals surface area contributed by atoms with Crippen molar-refractivity contribution in [3.8, 4) is 0 Å². The molecule has 1 aliphatic carbocycles. The predicted octanol–water partition coefficient (Wildman–Crippen LogP) is 2.53. The lowest BCUT2D eigenvalue weighted by Crippen LogP contribution is -2.24. The molecule has 1 unspecified atom stereocenters. The Hall–Kier alpha value is -2.37. The van der Waals surface area contributed by atoms with Gasteiger partial charge in [-0.05, 0) is 49.9 Å². The number of nitrogens with zero attached hydrogens (tertiary/aromatic N) is 1. The van der Waals surface area contributed by atoms with E-state index < -0.39 is 11.9 Å². The first-order valence-electron chi connectivity index (χ1n) is 7.69. The zero-order valence-electron chi connectivity index (χ0n) is 12.8. The highest BCUT2D eigenvalue weighted by Crippen LogP contribution is 2.35. The van der Waals surface area contributed by atoms with Crippen LogP contribution in [-0.4, -0.2) is 28.2 Å². The molecule has 1 aliphatic rings. The first-order chi connectivity index (χ1) is 11.0. The summed E-state index contributed by atoms with van der Waals surface area (Å²) in [6.07, 6.45) is 1.44. The molecule has 6 heteroatoms. The lowest BCUT2D eigenvalue weighted by atomic mass is 9.86. The minimum Gasteiger partial charge on any atom is -0.481 e. The van der Waals surface area contributed by atoms with E-state index in [-0.39, 0.29) is 18.3 Å². The number of halogens is 1. The minimum atomic E-state index is -0.835. The van der Waals surface area contributed by atoms with Crippen molar-refractivity contribution in [1.29, 1.82) is 0 Å². The van der Waals surface area contributed by atoms with Gasteiger partial charge in [-0.25, -0.2) is 4.39 Å². The number of carboxylic acids is 1. The molecule has 1 aromatic carbocycles. The molecule has 1 heterocycles. The minimum absolute atomic E-state index is 0.0586. The Balaban J connectivity index is 2.10. The van der Waals surface area contributed by atoms with Gasteiger partial charge in [0.1, 0.15) is 12.4 Å². The van der Waals surface area contributed by atoms with Crippen molar-refractivity contribution in [3.05, 3.63) is 35.3 Å². The van der Waals surface area contributed by atoms with Gasteiger partial charge in [-0.15, -0.1) is 0 Å². The normalized spacial score (nSPS) is 17.0. The number of ether oxygens (including phenoxy) is 1. The molecule has 0 saturated heterocycles. The second kappa shape index (κ2) is 6.02. The van der Waals surface area contributed by atoms with Gasteiger partial charge in [-0.3, -0.25) is 9.59 Å². The van der Waals surface area contributed by atoms with E-state index in [1.54, 1.807) is 13.0 Å². The molecular formula is C17H18FNO4. The van der Waals surface area contributed by atoms with Crippen molar-refractivity contribution < 1.29 is 23.8 Å². The van der Waals surface area contributed by atoms with Crippen LogP contribution in [0.4, 0.5) is 4.39 Å². The van der Waals surface area contributed by atoms with Crippen molar-refractivity contribution in [2.45, 2.75) is 32.7 Å². The van der Waals surface area contributed by atoms with Crippen LogP contribution < -0.4 is 0 Å². The fourth-order valence-corrected chi connectivity index (χ4v) is 3.35. The summed E-state index contributed by atoms with van der Waals surface area (Å²) in [6.45, 7) is 2.10. The quantitative estimate of drug-likeness (QED) is 0.879. The van der Waals surface area contributed by atoms with Crippen molar-refractivity contribution in [2.75, 3.05) is 6.61 Å². The number of aromatic nitrogens is 1. The molecule has 0 bridgehead atoms. The van der Waals surface area contributed by atoms with Gasteiger partial charge in [-0.1, -0.05) is 0 Å². The van der Waals surface area contributed by atoms with Crippen molar-refractivity contribution in [3.63, 3.8) is 0 Å². The maximum Gasteiger partial charge on any atom is 0.325 e. The number of benzene rings is 1. The molecule has 5 nitrogen and oxygen atoms in total. The molecule has 3 rings (SSSR count). The average molecular weight is 319 g/mol. The fraction of sp³-hybridized carbons (Fsp3) is 0.412. The number of hydrogen-bond acceptors (Lipinski definition) is 3. The van der Waals surface area contributed by atoms with Gasteiger partial charge < -0.3 is 14.4 Å². The first kappa shape index (κ1) is 15.5. The highest BCUT2D eigenvalue weighted by Gasteiger charge is 2.29. The summed E-state index contributed by atoms with van der Waals surface area (Å²) in [5.74, 6) is -2.02. The van der Waals surface area contributed by atoms with Crippen LogP contribution in [0.2, 0.25) is 0 Å². The number of rotatable bonds is 4. The third kappa shape index (κ3) is 2.81. The van der Waals surface area contributed by atoms with E-state index in [4.69, 9.17) is 4.74 Å². The molecule has 0 amide bonds. The van der Waals surface area contributed by atoms with Crippen molar-refractivity contribution >= 4 is 22.8 Å². The first-order valence-corrected chi connectivity index (χ1v) is 7.69. The van der Waals surface area contributed by atoms with Crippen LogP contribution in [0.15, 0.2) is 18.2 Å². The molecule has 1 atom stereocenters. The van der Waals surface area contributed by atoms with Gasteiger partial charge in [0.2, 0.25) is 0 Å². The summed E-state index contributed by atoms with van der Waals surface area (Å²) >= 11 is 0. The molecule has 0 radical (unpaired) electrons. The predicted molar refractivity (Wildman–Crippen MR) is 81.7 cm³/mol. The van der Waals surface area contributed by atoms with E-state index >= 15 is 0 Å². The molecule has 23 heavy (non-hydrogen) atoms. The van der Waals surface area contributed by atoms with E-state index in [0.717, 1.165) is 16.8 Å². The second-order valence-electron chi connectivity index (χ2n) is 5.76. The zero-order valence-corrected chi connectivity index (χ0v) is 12.8. The van der Waals surface area contributed by atoms with Gasteiger partial charge in [-0.2, -0.15) is 0 Å². The highest BCUT2D eigenvalue weighted by atomic mass is 19.1. The largest absolute Gasteiger partial charge is 0.481 e. The fourth-order valence-electron chi connectivity index (χ4n) is 3.35. The van der Waals surface area contributed by atoms with Crippen molar-refractivity contribution in [1.82, 2.24) is 4.57 Å². The molecule has 1 aromatic heterocycles. The number of fused-ring (bicyclic) bond motifs is 3. The Morgan fingerprint density at radius 3 is 2.91 bits per heavy atom. The summed E-state index contributed by atoms with van der Waals surface area (Å²) in [4.78, 5) is 23.2. The number of aliphatic carboxylic acids is 1. The summed E-state index contributed by atoms with van der Waals surface area (Å²) in [5, 5.41) is 9.95. The molecule has 0 spiro atoms. The number of carbonyl (C=O) groups is 2. The number of esters is 1. The summed E-state index contributed by atoms with van der Waals surface area (Å²) in [5.41, 5.74) is 2.49. The Bertz CT molecular complexity index is 780. The Labute approximate surface area is 132 Å². The standard InChI is InChI=1S/C17H18FNO4/c1-2-23-16(20)9-19-14-5-3-10(17(21)22)7-12(14)13-8-11(18)4-6-15(13)19/h4,6,8,10H,2-3,5,7,9H2,1H3,(H,21,22). The van der Waals surface area contributed by atoms with E-state index in [1.807, 2.05) is 4.57 Å². The summed E-state index contributed by atoms with van der Waals surface area (Å²) in [6, 6.07) is 4.40. The van der Waals surface area contributed by atoms with Gasteiger partial charge in [0.25, 0.3) is 0 Å². The SMILES string of the molecule is CCOC(=O)Cn1c2c(c3cc(F)ccc31)CC(C(=O)O)CC2. The number of hydrogen-bond donors (Lipinski definition) is 1. The Morgan fingerprint density at radius 2 is 2.22 bits per heavy atom. The van der Waals surface area contributed by atoms with Crippen LogP contribution in [0.3, 0.4) is 0 Å². The molecular weight excluding hydrogens is 301 g/mol. The van der Waals surface area contributed by atoms with Crippen LogP contribution in [-0.2, 0) is 33.7 Å². The number of carbonyl (C=O) groups excluding carboxylic acids is 1. The summed E-state index contributed by atoms with van der Waals surface area (Å²) in [7, 11) is 0. The summed E-state index contributed by atoms with van der Waals surface area (Å²) < 4.78 is 20.5. The molecule has 0 saturated carbocycles. The van der Waals surface area contributed by atoms with Gasteiger partial charge in [0.15, 0.2) is 0 Å². The second-order valence-corrected chi connectivity index (χ2v) is 5.76. The van der Waals surface area contributed by atoms with E-state index in [9.17, 15) is 19.1 Å². The van der Waals surface area contributed by atoms with E-state index in [1.165, 1.54) is 12.1 Å². The van der Waals surface area contributed by atoms with Crippen LogP contribution in [0.5, 0.6) is 0 Å². The average Bonchev–Trinajstić information content (AvgIpc) is 2.80. The lowest BCUT2D eigenvalue weighted by molar-refractivity contribution is -0.144. The van der Waals surface area contributed by atoms with Crippen LogP contribution >= 0.6 is 0 Å². The van der Waals surface area contributed by atoms with Gasteiger partial charge in [0.05, 0.1) is 12.5 Å². The molecule has 0 fully saturated rings. The monoisotopic (exact) mass is 319 g/mol. The Kier molecular flexibility index (Phi) is 4.07. The molecule has 1 N–H and O–H groups in total. The molecule has 2 aromatic rings. The third-order valence-electron chi connectivity index (χ3n) is 4.37. The van der Waals surface area contributed by atoms with Crippen LogP contribution in [0.1, 0.15) is 24.6 Å². The molecule has 122 valence electrons. The van der Waals surface area contributed by atoms with Crippen LogP contribution in [0, 0.1) is 11.7 Å². The van der Waals surface area contributed by atoms with Gasteiger partial charge in [0, 0.05) is 16.6 Å². The van der Waals surface area contributed by atoms with Gasteiger partial charge >= 0.3 is 11.9 Å². The number of carboxylic acid groups (broad SMARTS) is 1. The smallest absolute Gasteiger partial charge is 0.325 e. The van der Waals surface area contributed by atoms with Crippen LogP contribution in [0.25, 0.3) is 10.9 Å². The molecule has 0 aliphatic heterocycles.